The fourth-order valence-corrected chi connectivity index (χ4v) is 3.38. The van der Waals surface area contributed by atoms with Crippen molar-refractivity contribution < 1.29 is 32.9 Å². The van der Waals surface area contributed by atoms with E-state index < -0.39 is 12.6 Å². The lowest BCUT2D eigenvalue weighted by molar-refractivity contribution is -0.137. The summed E-state index contributed by atoms with van der Waals surface area (Å²) in [4.78, 5) is 10.8. The van der Waals surface area contributed by atoms with Gasteiger partial charge in [0.05, 0.1) is 13.0 Å². The van der Waals surface area contributed by atoms with Crippen LogP contribution < -0.4 is 14.2 Å². The number of aryl methyl sites for hydroxylation is 2. The van der Waals surface area contributed by atoms with Gasteiger partial charge in [-0.25, -0.2) is 4.68 Å². The summed E-state index contributed by atoms with van der Waals surface area (Å²) >= 11 is 6.17. The van der Waals surface area contributed by atoms with Crippen molar-refractivity contribution in [3.63, 3.8) is 0 Å². The molecule has 3 rings (SSSR count). The van der Waals surface area contributed by atoms with Crippen LogP contribution in [-0.2, 0) is 24.9 Å². The van der Waals surface area contributed by atoms with Gasteiger partial charge in [-0.1, -0.05) is 30.7 Å². The van der Waals surface area contributed by atoms with Gasteiger partial charge in [-0.3, -0.25) is 4.79 Å². The summed E-state index contributed by atoms with van der Waals surface area (Å²) < 4.78 is 42.2. The van der Waals surface area contributed by atoms with E-state index in [2.05, 4.69) is 9.84 Å². The minimum Gasteiger partial charge on any atom is -0.493 e. The molecule has 0 radical (unpaired) electrons. The fraction of sp³-hybridized carbons (Fsp3) is 0.304. The van der Waals surface area contributed by atoms with Crippen LogP contribution in [0.25, 0.3) is 11.3 Å². The normalized spacial score (nSPS) is 11.0. The van der Waals surface area contributed by atoms with E-state index in [1.54, 1.807) is 24.3 Å². The van der Waals surface area contributed by atoms with E-state index in [9.17, 15) is 13.6 Å². The van der Waals surface area contributed by atoms with Crippen molar-refractivity contribution in [3.05, 3.63) is 58.6 Å². The van der Waals surface area contributed by atoms with Crippen LogP contribution in [0.5, 0.6) is 17.4 Å². The maximum absolute atomic E-state index is 12.6. The quantitative estimate of drug-likeness (QED) is 0.399. The van der Waals surface area contributed by atoms with Crippen molar-refractivity contribution in [2.24, 2.45) is 7.05 Å². The van der Waals surface area contributed by atoms with E-state index in [1.165, 1.54) is 7.05 Å². The van der Waals surface area contributed by atoms with Gasteiger partial charge in [0.2, 0.25) is 5.88 Å². The summed E-state index contributed by atoms with van der Waals surface area (Å²) in [6, 6.07) is 12.6. The van der Waals surface area contributed by atoms with Crippen LogP contribution >= 0.6 is 11.6 Å². The third-order valence-electron chi connectivity index (χ3n) is 4.78. The molecule has 0 unspecified atom stereocenters. The summed E-state index contributed by atoms with van der Waals surface area (Å²) in [6.07, 6.45) is 0.719. The summed E-state index contributed by atoms with van der Waals surface area (Å²) in [5, 5.41) is 13.0. The molecule has 7 nitrogen and oxygen atoms in total. The van der Waals surface area contributed by atoms with E-state index in [0.29, 0.717) is 22.8 Å². The third-order valence-corrected chi connectivity index (χ3v) is 5.12. The maximum atomic E-state index is 12.6. The zero-order valence-corrected chi connectivity index (χ0v) is 18.8. The molecule has 0 aliphatic rings. The number of hydrogen-bond donors (Lipinski definition) is 1. The number of carboxylic acids is 1. The zero-order chi connectivity index (χ0) is 24.0. The molecular weight excluding hydrogens is 458 g/mol. The number of aromatic nitrogens is 2. The molecule has 0 fully saturated rings. The van der Waals surface area contributed by atoms with Crippen molar-refractivity contribution in [1.82, 2.24) is 9.78 Å². The van der Waals surface area contributed by atoms with Crippen LogP contribution in [0, 0.1) is 0 Å². The highest BCUT2D eigenvalue weighted by molar-refractivity contribution is 6.34. The molecule has 176 valence electrons. The van der Waals surface area contributed by atoms with E-state index in [0.717, 1.165) is 22.2 Å². The molecule has 2 aromatic carbocycles. The molecule has 0 saturated carbocycles. The molecule has 1 N–H and O–H groups in total. The van der Waals surface area contributed by atoms with Crippen molar-refractivity contribution in [2.45, 2.75) is 33.0 Å². The first-order valence-corrected chi connectivity index (χ1v) is 10.5. The number of ether oxygens (including phenoxy) is 3. The average molecular weight is 481 g/mol. The highest BCUT2D eigenvalue weighted by Gasteiger charge is 2.20. The molecule has 33 heavy (non-hydrogen) atoms. The van der Waals surface area contributed by atoms with Crippen LogP contribution in [0.1, 0.15) is 24.5 Å². The number of benzene rings is 2. The van der Waals surface area contributed by atoms with Gasteiger partial charge in [-0.05, 0) is 42.3 Å². The van der Waals surface area contributed by atoms with Gasteiger partial charge < -0.3 is 19.3 Å². The molecule has 0 saturated heterocycles. The van der Waals surface area contributed by atoms with Gasteiger partial charge in [0, 0.05) is 18.2 Å². The summed E-state index contributed by atoms with van der Waals surface area (Å²) in [7, 11) is 1.46. The number of hydrogen-bond acceptors (Lipinski definition) is 5. The predicted molar refractivity (Wildman–Crippen MR) is 118 cm³/mol. The lowest BCUT2D eigenvalue weighted by Crippen LogP contribution is -2.07. The van der Waals surface area contributed by atoms with Crippen molar-refractivity contribution in [2.75, 3.05) is 6.61 Å². The van der Waals surface area contributed by atoms with Gasteiger partial charge in [-0.2, -0.15) is 13.9 Å². The van der Waals surface area contributed by atoms with E-state index in [-0.39, 0.29) is 30.5 Å². The van der Waals surface area contributed by atoms with E-state index in [1.807, 2.05) is 25.1 Å². The molecule has 0 bridgehead atoms. The molecule has 1 aromatic heterocycles. The van der Waals surface area contributed by atoms with Crippen LogP contribution in [0.4, 0.5) is 8.78 Å². The lowest BCUT2D eigenvalue weighted by atomic mass is 10.1. The third kappa shape index (κ3) is 6.35. The molecule has 10 heteroatoms. The number of aliphatic carboxylic acids is 1. The summed E-state index contributed by atoms with van der Waals surface area (Å²) in [5.74, 6) is -0.00154. The molecule has 1 heterocycles. The van der Waals surface area contributed by atoms with Crippen molar-refractivity contribution in [1.29, 1.82) is 0 Å². The first-order valence-electron chi connectivity index (χ1n) is 10.2. The number of carbonyl (C=O) groups is 1. The minimum absolute atomic E-state index is 0.00867. The molecular formula is C23H23ClF2N2O5. The Kier molecular flexibility index (Phi) is 8.11. The average Bonchev–Trinajstić information content (AvgIpc) is 3.06. The number of rotatable bonds is 11. The second-order valence-corrected chi connectivity index (χ2v) is 7.45. The molecule has 0 atom stereocenters. The second-order valence-electron chi connectivity index (χ2n) is 7.07. The monoisotopic (exact) mass is 480 g/mol. The molecule has 0 aliphatic carbocycles. The second kappa shape index (κ2) is 11.0. The molecule has 0 amide bonds. The Morgan fingerprint density at radius 2 is 1.91 bits per heavy atom. The lowest BCUT2D eigenvalue weighted by Gasteiger charge is -2.14. The Morgan fingerprint density at radius 1 is 1.18 bits per heavy atom. The topological polar surface area (TPSA) is 82.8 Å². The predicted octanol–water partition coefficient (Wildman–Crippen LogP) is 5.34. The molecule has 0 spiro atoms. The number of halogens is 3. The van der Waals surface area contributed by atoms with Crippen LogP contribution in [0.3, 0.4) is 0 Å². The maximum Gasteiger partial charge on any atom is 0.388 e. The van der Waals surface area contributed by atoms with E-state index in [4.69, 9.17) is 26.2 Å². The number of alkyl halides is 2. The Labute approximate surface area is 194 Å². The SMILES string of the molecule is CCc1ccc(COc2ccc(-c3nn(C)c(OC(F)F)c3Cl)cc2)c(OCCC(=O)O)c1. The largest absolute Gasteiger partial charge is 0.493 e. The number of nitrogens with zero attached hydrogens (tertiary/aromatic N) is 2. The Hall–Kier alpha value is -3.33. The Balaban J connectivity index is 1.71. The van der Waals surface area contributed by atoms with Crippen LogP contribution in [0.15, 0.2) is 42.5 Å². The van der Waals surface area contributed by atoms with Crippen LogP contribution in [0.2, 0.25) is 5.02 Å². The van der Waals surface area contributed by atoms with E-state index >= 15 is 0 Å². The zero-order valence-electron chi connectivity index (χ0n) is 18.1. The van der Waals surface area contributed by atoms with Crippen LogP contribution in [-0.4, -0.2) is 34.1 Å². The van der Waals surface area contributed by atoms with Crippen molar-refractivity contribution >= 4 is 17.6 Å². The first kappa shape index (κ1) is 24.3. The summed E-state index contributed by atoms with van der Waals surface area (Å²) in [6.45, 7) is -0.717. The smallest absolute Gasteiger partial charge is 0.388 e. The first-order chi connectivity index (χ1) is 15.8. The fourth-order valence-electron chi connectivity index (χ4n) is 3.07. The number of carboxylic acid groups (broad SMARTS) is 1. The van der Waals surface area contributed by atoms with Gasteiger partial charge in [-0.15, -0.1) is 0 Å². The van der Waals surface area contributed by atoms with Gasteiger partial charge in [0.1, 0.15) is 28.8 Å². The Bertz CT molecular complexity index is 1100. The Morgan fingerprint density at radius 3 is 2.55 bits per heavy atom. The molecule has 3 aromatic rings. The summed E-state index contributed by atoms with van der Waals surface area (Å²) in [5.41, 5.74) is 2.77. The molecule has 0 aliphatic heterocycles. The highest BCUT2D eigenvalue weighted by Crippen LogP contribution is 2.36. The van der Waals surface area contributed by atoms with Gasteiger partial charge in [0.15, 0.2) is 0 Å². The minimum atomic E-state index is -3.01. The standard InChI is InChI=1S/C23H23ClF2N2O5/c1-3-14-4-5-16(18(12-14)31-11-10-19(29)30)13-32-17-8-6-15(7-9-17)21-20(24)22(28(2)27-21)33-23(25)26/h4-9,12,23H,3,10-11,13H2,1-2H3,(H,29,30). The van der Waals surface area contributed by atoms with Gasteiger partial charge in [0.25, 0.3) is 0 Å². The van der Waals surface area contributed by atoms with Gasteiger partial charge >= 0.3 is 12.6 Å². The highest BCUT2D eigenvalue weighted by atomic mass is 35.5. The van der Waals surface area contributed by atoms with Crippen molar-refractivity contribution in [3.8, 4) is 28.6 Å².